The average molecular weight is 344 g/mol. The molecule has 1 aliphatic heterocycles. The van der Waals surface area contributed by atoms with Gasteiger partial charge < -0.3 is 19.5 Å². The fraction of sp³-hybridized carbons (Fsp3) is 0.353. The van der Waals surface area contributed by atoms with E-state index in [-0.39, 0.29) is 18.9 Å². The lowest BCUT2D eigenvalue weighted by Crippen LogP contribution is -2.36. The second kappa shape index (κ2) is 7.80. The largest absolute Gasteiger partial charge is 0.378 e. The van der Waals surface area contributed by atoms with Crippen LogP contribution in [0.25, 0.3) is 0 Å². The fourth-order valence-electron chi connectivity index (χ4n) is 2.64. The Morgan fingerprint density at radius 2 is 1.84 bits per heavy atom. The van der Waals surface area contributed by atoms with Gasteiger partial charge in [-0.2, -0.15) is 0 Å². The monoisotopic (exact) mass is 344 g/mol. The van der Waals surface area contributed by atoms with Gasteiger partial charge in [0.2, 0.25) is 5.91 Å². The van der Waals surface area contributed by atoms with Gasteiger partial charge in [-0.05, 0) is 24.3 Å². The number of benzene rings is 1. The molecule has 2 heterocycles. The zero-order chi connectivity index (χ0) is 17.6. The first-order valence-corrected chi connectivity index (χ1v) is 8.14. The first-order valence-electron chi connectivity index (χ1n) is 8.14. The molecule has 0 bridgehead atoms. The summed E-state index contributed by atoms with van der Waals surface area (Å²) in [6.07, 6.45) is 1.52. The van der Waals surface area contributed by atoms with Gasteiger partial charge in [-0.3, -0.25) is 14.6 Å². The summed E-state index contributed by atoms with van der Waals surface area (Å²) in [5.41, 5.74) is 0.832. The van der Waals surface area contributed by atoms with Gasteiger partial charge in [0, 0.05) is 49.7 Å². The fourth-order valence-corrected chi connectivity index (χ4v) is 2.64. The van der Waals surface area contributed by atoms with E-state index in [0.717, 1.165) is 32.0 Å². The van der Waals surface area contributed by atoms with Crippen LogP contribution >= 0.6 is 0 Å². The van der Waals surface area contributed by atoms with E-state index in [1.165, 1.54) is 16.8 Å². The SMILES string of the molecule is O=C(CCn1ccc(=O)[nH]c1=O)Nc1ccc(N2CCOCC2)cc1. The number of nitrogens with zero attached hydrogens (tertiary/aromatic N) is 2. The maximum atomic E-state index is 12.0. The number of amides is 1. The Balaban J connectivity index is 1.53. The van der Waals surface area contributed by atoms with Crippen LogP contribution in [0.1, 0.15) is 6.42 Å². The van der Waals surface area contributed by atoms with Crippen molar-refractivity contribution in [1.82, 2.24) is 9.55 Å². The predicted molar refractivity (Wildman–Crippen MR) is 94.0 cm³/mol. The molecule has 3 rings (SSSR count). The highest BCUT2D eigenvalue weighted by Crippen LogP contribution is 2.19. The van der Waals surface area contributed by atoms with Crippen LogP contribution in [0.4, 0.5) is 11.4 Å². The van der Waals surface area contributed by atoms with E-state index in [2.05, 4.69) is 15.2 Å². The molecule has 0 aliphatic carbocycles. The Labute approximate surface area is 144 Å². The summed E-state index contributed by atoms with van der Waals surface area (Å²) in [5.74, 6) is -0.197. The molecule has 8 heteroatoms. The smallest absolute Gasteiger partial charge is 0.328 e. The number of nitrogens with one attached hydrogen (secondary N) is 2. The van der Waals surface area contributed by atoms with Crippen molar-refractivity contribution in [3.8, 4) is 0 Å². The van der Waals surface area contributed by atoms with E-state index in [0.29, 0.717) is 5.69 Å². The summed E-state index contributed by atoms with van der Waals surface area (Å²) in [7, 11) is 0. The molecule has 0 atom stereocenters. The molecule has 1 amide bonds. The summed E-state index contributed by atoms with van der Waals surface area (Å²) < 4.78 is 6.63. The molecule has 1 fully saturated rings. The van der Waals surface area contributed by atoms with E-state index in [1.54, 1.807) is 0 Å². The summed E-state index contributed by atoms with van der Waals surface area (Å²) in [6.45, 7) is 3.37. The molecular formula is C17H20N4O4. The van der Waals surface area contributed by atoms with Crippen molar-refractivity contribution in [2.45, 2.75) is 13.0 Å². The minimum Gasteiger partial charge on any atom is -0.378 e. The molecule has 1 saturated heterocycles. The maximum absolute atomic E-state index is 12.0. The first-order chi connectivity index (χ1) is 12.1. The number of morpholine rings is 1. The van der Waals surface area contributed by atoms with Gasteiger partial charge >= 0.3 is 5.69 Å². The van der Waals surface area contributed by atoms with Crippen LogP contribution in [0, 0.1) is 0 Å². The van der Waals surface area contributed by atoms with Crippen molar-refractivity contribution in [3.63, 3.8) is 0 Å². The number of aromatic amines is 1. The molecule has 132 valence electrons. The molecule has 2 aromatic rings. The number of carbonyl (C=O) groups excluding carboxylic acids is 1. The summed E-state index contributed by atoms with van der Waals surface area (Å²) in [6, 6.07) is 8.90. The number of rotatable bonds is 5. The van der Waals surface area contributed by atoms with Crippen LogP contribution in [0.5, 0.6) is 0 Å². The Morgan fingerprint density at radius 1 is 1.12 bits per heavy atom. The summed E-state index contributed by atoms with van der Waals surface area (Å²) >= 11 is 0. The highest BCUT2D eigenvalue weighted by Gasteiger charge is 2.11. The zero-order valence-corrected chi connectivity index (χ0v) is 13.7. The number of aromatic nitrogens is 2. The van der Waals surface area contributed by atoms with E-state index in [9.17, 15) is 14.4 Å². The van der Waals surface area contributed by atoms with Gasteiger partial charge in [0.05, 0.1) is 13.2 Å². The van der Waals surface area contributed by atoms with Gasteiger partial charge in [-0.1, -0.05) is 0 Å². The van der Waals surface area contributed by atoms with E-state index in [4.69, 9.17) is 4.74 Å². The molecule has 25 heavy (non-hydrogen) atoms. The van der Waals surface area contributed by atoms with Crippen LogP contribution in [0.3, 0.4) is 0 Å². The van der Waals surface area contributed by atoms with Crippen molar-refractivity contribution >= 4 is 17.3 Å². The second-order valence-electron chi connectivity index (χ2n) is 5.75. The van der Waals surface area contributed by atoms with Gasteiger partial charge in [-0.25, -0.2) is 4.79 Å². The van der Waals surface area contributed by atoms with Gasteiger partial charge in [0.25, 0.3) is 5.56 Å². The lowest BCUT2D eigenvalue weighted by atomic mass is 10.2. The molecular weight excluding hydrogens is 324 g/mol. The van der Waals surface area contributed by atoms with Gasteiger partial charge in [0.1, 0.15) is 0 Å². The summed E-state index contributed by atoms with van der Waals surface area (Å²) in [4.78, 5) is 39.0. The number of anilines is 2. The van der Waals surface area contributed by atoms with E-state index < -0.39 is 11.2 Å². The highest BCUT2D eigenvalue weighted by molar-refractivity contribution is 5.90. The van der Waals surface area contributed by atoms with Crippen molar-refractivity contribution in [2.75, 3.05) is 36.5 Å². The quantitative estimate of drug-likeness (QED) is 0.819. The second-order valence-corrected chi connectivity index (χ2v) is 5.75. The van der Waals surface area contributed by atoms with Gasteiger partial charge in [-0.15, -0.1) is 0 Å². The molecule has 1 aromatic carbocycles. The zero-order valence-electron chi connectivity index (χ0n) is 13.7. The number of H-pyrrole nitrogens is 1. The third kappa shape index (κ3) is 4.57. The number of ether oxygens (including phenoxy) is 1. The van der Waals surface area contributed by atoms with Crippen LogP contribution in [-0.4, -0.2) is 41.8 Å². The highest BCUT2D eigenvalue weighted by atomic mass is 16.5. The molecule has 8 nitrogen and oxygen atoms in total. The Hall–Kier alpha value is -2.87. The topological polar surface area (TPSA) is 96.4 Å². The van der Waals surface area contributed by atoms with Crippen LogP contribution in [0.2, 0.25) is 0 Å². The molecule has 0 radical (unpaired) electrons. The minimum absolute atomic E-state index is 0.136. The minimum atomic E-state index is -0.518. The average Bonchev–Trinajstić information content (AvgIpc) is 2.62. The van der Waals surface area contributed by atoms with Crippen LogP contribution in [-0.2, 0) is 16.1 Å². The van der Waals surface area contributed by atoms with Crippen LogP contribution in [0.15, 0.2) is 46.1 Å². The molecule has 1 aliphatic rings. The number of hydrogen-bond donors (Lipinski definition) is 2. The van der Waals surface area contributed by atoms with Crippen molar-refractivity contribution in [2.24, 2.45) is 0 Å². The van der Waals surface area contributed by atoms with Crippen LogP contribution < -0.4 is 21.5 Å². The Bertz CT molecular complexity index is 835. The molecule has 0 unspecified atom stereocenters. The maximum Gasteiger partial charge on any atom is 0.328 e. The normalized spacial score (nSPS) is 14.3. The molecule has 2 N–H and O–H groups in total. The van der Waals surface area contributed by atoms with Crippen molar-refractivity contribution < 1.29 is 9.53 Å². The van der Waals surface area contributed by atoms with E-state index in [1.807, 2.05) is 24.3 Å². The molecule has 1 aromatic heterocycles. The standard InChI is InChI=1S/C17H20N4O4/c22-15(5-7-21-8-6-16(23)19-17(21)24)18-13-1-3-14(4-2-13)20-9-11-25-12-10-20/h1-4,6,8H,5,7,9-12H2,(H,18,22)(H,19,23,24). The molecule has 0 saturated carbocycles. The predicted octanol–water partition coefficient (Wildman–Crippen LogP) is 0.402. The molecule has 0 spiro atoms. The van der Waals surface area contributed by atoms with Gasteiger partial charge in [0.15, 0.2) is 0 Å². The number of aryl methyl sites for hydroxylation is 1. The lowest BCUT2D eigenvalue weighted by Gasteiger charge is -2.28. The lowest BCUT2D eigenvalue weighted by molar-refractivity contribution is -0.116. The van der Waals surface area contributed by atoms with E-state index >= 15 is 0 Å². The third-order valence-corrected chi connectivity index (χ3v) is 4.00. The Morgan fingerprint density at radius 3 is 2.52 bits per heavy atom. The first kappa shape index (κ1) is 17.0. The number of carbonyl (C=O) groups is 1. The summed E-state index contributed by atoms with van der Waals surface area (Å²) in [5, 5.41) is 2.80. The number of hydrogen-bond acceptors (Lipinski definition) is 5. The van der Waals surface area contributed by atoms with Crippen molar-refractivity contribution in [3.05, 3.63) is 57.4 Å². The van der Waals surface area contributed by atoms with Crippen molar-refractivity contribution in [1.29, 1.82) is 0 Å². The Kier molecular flexibility index (Phi) is 5.30. The third-order valence-electron chi connectivity index (χ3n) is 4.00.